The van der Waals surface area contributed by atoms with Crippen molar-refractivity contribution in [3.05, 3.63) is 52.1 Å². The third kappa shape index (κ3) is 5.75. The Hall–Kier alpha value is -2.94. The van der Waals surface area contributed by atoms with E-state index in [0.717, 1.165) is 45.7 Å². The minimum Gasteiger partial charge on any atom is -0.444 e. The van der Waals surface area contributed by atoms with Gasteiger partial charge in [-0.15, -0.1) is 5.10 Å². The molecular formula is C25H30BrN5O3. The van der Waals surface area contributed by atoms with Crippen LogP contribution >= 0.6 is 15.9 Å². The van der Waals surface area contributed by atoms with Crippen LogP contribution in [0.1, 0.15) is 50.9 Å². The number of carbonyl (C=O) groups is 1. The number of nitrogens with zero attached hydrogens (tertiary/aromatic N) is 5. The fraction of sp³-hybridized carbons (Fsp3) is 0.440. The van der Waals surface area contributed by atoms with Crippen LogP contribution in [0.25, 0.3) is 11.4 Å². The molecule has 0 aliphatic carbocycles. The number of ether oxygens (including phenoxy) is 2. The highest BCUT2D eigenvalue weighted by atomic mass is 79.9. The summed E-state index contributed by atoms with van der Waals surface area (Å²) in [4.78, 5) is 18.9. The zero-order chi connectivity index (χ0) is 24.5. The van der Waals surface area contributed by atoms with Crippen molar-refractivity contribution in [1.82, 2.24) is 24.9 Å². The molecule has 1 aromatic carbocycles. The monoisotopic (exact) mass is 527 g/mol. The second-order valence-electron chi connectivity index (χ2n) is 9.59. The predicted molar refractivity (Wildman–Crippen MR) is 133 cm³/mol. The molecule has 2 aromatic heterocycles. The molecule has 0 saturated carbocycles. The van der Waals surface area contributed by atoms with E-state index in [1.54, 1.807) is 4.90 Å². The lowest BCUT2D eigenvalue weighted by Crippen LogP contribution is -2.42. The Bertz CT molecular complexity index is 1160. The van der Waals surface area contributed by atoms with Crippen molar-refractivity contribution in [3.63, 3.8) is 0 Å². The van der Waals surface area contributed by atoms with E-state index in [1.165, 1.54) is 0 Å². The topological polar surface area (TPSA) is 82.4 Å². The molecule has 0 spiro atoms. The molecule has 180 valence electrons. The second-order valence-corrected chi connectivity index (χ2v) is 10.5. The van der Waals surface area contributed by atoms with Crippen LogP contribution in [0.5, 0.6) is 11.6 Å². The first-order valence-corrected chi connectivity index (χ1v) is 12.2. The van der Waals surface area contributed by atoms with Gasteiger partial charge in [0.2, 0.25) is 5.88 Å². The normalized spacial score (nSPS) is 14.8. The molecule has 1 aliphatic heterocycles. The minimum absolute atomic E-state index is 0.119. The Kier molecular flexibility index (Phi) is 6.93. The zero-order valence-electron chi connectivity index (χ0n) is 20.2. The lowest BCUT2D eigenvalue weighted by Gasteiger charge is -2.33. The SMILES string of the molecule is Cc1cc(Br)cc(Oc2cccc(-c3c(C)nnn3C3CCN(C(=O)OC(C)(C)C)CC3)n2)c1. The average Bonchev–Trinajstić information content (AvgIpc) is 3.13. The van der Waals surface area contributed by atoms with E-state index in [9.17, 15) is 4.79 Å². The van der Waals surface area contributed by atoms with Gasteiger partial charge in [-0.2, -0.15) is 0 Å². The summed E-state index contributed by atoms with van der Waals surface area (Å²) < 4.78 is 14.4. The van der Waals surface area contributed by atoms with Gasteiger partial charge in [0.05, 0.1) is 17.4 Å². The predicted octanol–water partition coefficient (Wildman–Crippen LogP) is 6.08. The van der Waals surface area contributed by atoms with Gasteiger partial charge < -0.3 is 14.4 Å². The average molecular weight is 528 g/mol. The van der Waals surface area contributed by atoms with Crippen LogP contribution in [0, 0.1) is 13.8 Å². The molecule has 0 radical (unpaired) electrons. The molecular weight excluding hydrogens is 498 g/mol. The molecule has 1 aliphatic rings. The first-order valence-electron chi connectivity index (χ1n) is 11.4. The third-order valence-electron chi connectivity index (χ3n) is 5.53. The maximum Gasteiger partial charge on any atom is 0.410 e. The highest BCUT2D eigenvalue weighted by molar-refractivity contribution is 9.10. The Labute approximate surface area is 208 Å². The summed E-state index contributed by atoms with van der Waals surface area (Å²) in [6.07, 6.45) is 1.26. The Morgan fingerprint density at radius 2 is 1.85 bits per heavy atom. The van der Waals surface area contributed by atoms with Gasteiger partial charge in [-0.25, -0.2) is 14.5 Å². The summed E-state index contributed by atoms with van der Waals surface area (Å²) >= 11 is 3.51. The fourth-order valence-electron chi connectivity index (χ4n) is 4.04. The van der Waals surface area contributed by atoms with Crippen LogP contribution in [-0.4, -0.2) is 49.7 Å². The van der Waals surface area contributed by atoms with Gasteiger partial charge in [0.15, 0.2) is 0 Å². The number of benzene rings is 1. The van der Waals surface area contributed by atoms with E-state index in [1.807, 2.05) is 75.7 Å². The molecule has 0 N–H and O–H groups in total. The van der Waals surface area contributed by atoms with E-state index < -0.39 is 5.60 Å². The number of hydrogen-bond acceptors (Lipinski definition) is 6. The maximum atomic E-state index is 12.4. The maximum absolute atomic E-state index is 12.4. The number of piperidine rings is 1. The first kappa shape index (κ1) is 24.2. The van der Waals surface area contributed by atoms with Crippen molar-refractivity contribution in [3.8, 4) is 23.0 Å². The summed E-state index contributed by atoms with van der Waals surface area (Å²) in [5, 5.41) is 8.76. The largest absolute Gasteiger partial charge is 0.444 e. The molecule has 1 saturated heterocycles. The molecule has 3 aromatic rings. The highest BCUT2D eigenvalue weighted by Gasteiger charge is 2.30. The van der Waals surface area contributed by atoms with Crippen molar-refractivity contribution < 1.29 is 14.3 Å². The summed E-state index contributed by atoms with van der Waals surface area (Å²) in [5.41, 5.74) is 3.01. The Morgan fingerprint density at radius 3 is 2.53 bits per heavy atom. The molecule has 0 atom stereocenters. The van der Waals surface area contributed by atoms with E-state index in [2.05, 4.69) is 26.2 Å². The molecule has 9 heteroatoms. The van der Waals surface area contributed by atoms with Gasteiger partial charge >= 0.3 is 6.09 Å². The first-order chi connectivity index (χ1) is 16.1. The molecule has 0 bridgehead atoms. The molecule has 1 fully saturated rings. The summed E-state index contributed by atoms with van der Waals surface area (Å²) in [7, 11) is 0. The number of hydrogen-bond donors (Lipinski definition) is 0. The van der Waals surface area contributed by atoms with E-state index >= 15 is 0 Å². The van der Waals surface area contributed by atoms with Gasteiger partial charge in [-0.3, -0.25) is 0 Å². The van der Waals surface area contributed by atoms with Gasteiger partial charge in [-0.1, -0.05) is 27.2 Å². The number of likely N-dealkylation sites (tertiary alicyclic amines) is 1. The second kappa shape index (κ2) is 9.74. The van der Waals surface area contributed by atoms with Crippen molar-refractivity contribution in [2.45, 2.75) is 59.1 Å². The molecule has 1 amide bonds. The lowest BCUT2D eigenvalue weighted by atomic mass is 10.0. The minimum atomic E-state index is -0.503. The Morgan fingerprint density at radius 1 is 1.12 bits per heavy atom. The van der Waals surface area contributed by atoms with E-state index in [0.29, 0.717) is 19.0 Å². The van der Waals surface area contributed by atoms with Crippen LogP contribution in [0.2, 0.25) is 0 Å². The quantitative estimate of drug-likeness (QED) is 0.408. The molecule has 4 rings (SSSR count). The summed E-state index contributed by atoms with van der Waals surface area (Å²) in [6, 6.07) is 11.7. The fourth-order valence-corrected chi connectivity index (χ4v) is 4.62. The number of amides is 1. The Balaban J connectivity index is 1.51. The summed E-state index contributed by atoms with van der Waals surface area (Å²) in [5.74, 6) is 1.22. The van der Waals surface area contributed by atoms with Crippen molar-refractivity contribution in [2.75, 3.05) is 13.1 Å². The number of carbonyl (C=O) groups excluding carboxylic acids is 1. The zero-order valence-corrected chi connectivity index (χ0v) is 21.8. The van der Waals surface area contributed by atoms with E-state index in [-0.39, 0.29) is 12.1 Å². The van der Waals surface area contributed by atoms with Crippen LogP contribution in [0.3, 0.4) is 0 Å². The van der Waals surface area contributed by atoms with Crippen molar-refractivity contribution in [1.29, 1.82) is 0 Å². The van der Waals surface area contributed by atoms with Gasteiger partial charge in [-0.05, 0) is 77.3 Å². The third-order valence-corrected chi connectivity index (χ3v) is 5.99. The number of halogens is 1. The standard InChI is InChI=1S/C25H30BrN5O3/c1-16-13-18(26)15-20(14-16)33-22-8-6-7-21(27-22)23-17(2)28-29-31(23)19-9-11-30(12-10-19)24(32)34-25(3,4)5/h6-8,13-15,19H,9-12H2,1-5H3. The van der Waals surface area contributed by atoms with Crippen LogP contribution in [0.15, 0.2) is 40.9 Å². The van der Waals surface area contributed by atoms with Gasteiger partial charge in [0, 0.05) is 23.6 Å². The molecule has 3 heterocycles. The lowest BCUT2D eigenvalue weighted by molar-refractivity contribution is 0.0185. The highest BCUT2D eigenvalue weighted by Crippen LogP contribution is 2.31. The molecule has 8 nitrogen and oxygen atoms in total. The number of rotatable bonds is 4. The summed E-state index contributed by atoms with van der Waals surface area (Å²) in [6.45, 7) is 10.8. The van der Waals surface area contributed by atoms with Crippen LogP contribution in [-0.2, 0) is 4.74 Å². The van der Waals surface area contributed by atoms with E-state index in [4.69, 9.17) is 14.5 Å². The smallest absolute Gasteiger partial charge is 0.410 e. The number of aryl methyl sites for hydroxylation is 2. The van der Waals surface area contributed by atoms with Crippen molar-refractivity contribution >= 4 is 22.0 Å². The van der Waals surface area contributed by atoms with Crippen molar-refractivity contribution in [2.24, 2.45) is 0 Å². The van der Waals surface area contributed by atoms with Crippen LogP contribution in [0.4, 0.5) is 4.79 Å². The van der Waals surface area contributed by atoms with Crippen LogP contribution < -0.4 is 4.74 Å². The van der Waals surface area contributed by atoms with Gasteiger partial charge in [0.1, 0.15) is 17.0 Å². The van der Waals surface area contributed by atoms with Gasteiger partial charge in [0.25, 0.3) is 0 Å². The molecule has 0 unspecified atom stereocenters. The molecule has 34 heavy (non-hydrogen) atoms. The number of pyridine rings is 1. The number of aromatic nitrogens is 4.